The molecule has 2 aromatic carbocycles. The van der Waals surface area contributed by atoms with Crippen LogP contribution in [0.2, 0.25) is 5.02 Å². The van der Waals surface area contributed by atoms with Gasteiger partial charge in [0.25, 0.3) is 0 Å². The first-order chi connectivity index (χ1) is 20.8. The van der Waals surface area contributed by atoms with Crippen LogP contribution in [0.4, 0.5) is 4.79 Å². The van der Waals surface area contributed by atoms with Crippen LogP contribution >= 0.6 is 11.6 Å². The van der Waals surface area contributed by atoms with Gasteiger partial charge in [0.1, 0.15) is 11.9 Å². The van der Waals surface area contributed by atoms with E-state index in [0.717, 1.165) is 49.9 Å². The third kappa shape index (κ3) is 9.79. The summed E-state index contributed by atoms with van der Waals surface area (Å²) in [5.41, 5.74) is 2.43. The molecule has 0 radical (unpaired) electrons. The van der Waals surface area contributed by atoms with Gasteiger partial charge in [-0.05, 0) is 99.8 Å². The number of nitriles is 1. The Hall–Kier alpha value is -2.92. The van der Waals surface area contributed by atoms with Crippen molar-refractivity contribution in [2.24, 2.45) is 0 Å². The molecule has 2 aromatic rings. The molecule has 1 aliphatic carbocycles. The zero-order chi connectivity index (χ0) is 30.7. The minimum Gasteiger partial charge on any atom is -0.486 e. The fourth-order valence-electron chi connectivity index (χ4n) is 5.38. The standard InChI is InChI=1S/C30H41ClN6O5S/c1-33-11-2-3-12-34-30(38)35-13-16-41-17-15-37-14-10-24(21-37)36-43(39,40)26-6-4-25(5-7-26)42-29-9-8-27-22(20-32)18-23(31)19-28(27)29/h4-7,18-19,24,29,33,36H,2-3,8-17,21H2,1H3,(H2,34,35,38)/t24-,29+/m0/s1. The molecule has 43 heavy (non-hydrogen) atoms. The molecular formula is C30H41ClN6O5S. The first-order valence-corrected chi connectivity index (χ1v) is 16.6. The van der Waals surface area contributed by atoms with Crippen LogP contribution in [-0.2, 0) is 21.2 Å². The average Bonchev–Trinajstić information content (AvgIpc) is 3.60. The highest BCUT2D eigenvalue weighted by Crippen LogP contribution is 2.38. The van der Waals surface area contributed by atoms with E-state index in [-0.39, 0.29) is 23.1 Å². The molecule has 13 heteroatoms. The number of nitrogens with one attached hydrogen (secondary N) is 4. The number of carbonyl (C=O) groups is 1. The van der Waals surface area contributed by atoms with Crippen molar-refractivity contribution in [2.45, 2.75) is 49.1 Å². The number of fused-ring (bicyclic) bond motifs is 1. The second-order valence-electron chi connectivity index (χ2n) is 10.8. The van der Waals surface area contributed by atoms with Crippen LogP contribution in [0.3, 0.4) is 0 Å². The van der Waals surface area contributed by atoms with Gasteiger partial charge in [-0.3, -0.25) is 4.90 Å². The molecule has 1 aliphatic heterocycles. The van der Waals surface area contributed by atoms with Gasteiger partial charge < -0.3 is 25.4 Å². The monoisotopic (exact) mass is 632 g/mol. The van der Waals surface area contributed by atoms with Crippen molar-refractivity contribution in [2.75, 3.05) is 59.5 Å². The van der Waals surface area contributed by atoms with E-state index in [2.05, 4.69) is 31.6 Å². The predicted octanol–water partition coefficient (Wildman–Crippen LogP) is 2.95. The Labute approximate surface area is 259 Å². The number of likely N-dealkylation sites (tertiary alicyclic amines) is 1. The van der Waals surface area contributed by atoms with Crippen molar-refractivity contribution in [1.82, 2.24) is 25.6 Å². The highest BCUT2D eigenvalue weighted by molar-refractivity contribution is 7.89. The van der Waals surface area contributed by atoms with Crippen LogP contribution in [0.25, 0.3) is 0 Å². The quantitative estimate of drug-likeness (QED) is 0.207. The second-order valence-corrected chi connectivity index (χ2v) is 12.9. The Morgan fingerprint density at radius 2 is 1.86 bits per heavy atom. The summed E-state index contributed by atoms with van der Waals surface area (Å²) in [6, 6.07) is 11.7. The zero-order valence-corrected chi connectivity index (χ0v) is 26.1. The molecule has 1 saturated heterocycles. The highest BCUT2D eigenvalue weighted by Gasteiger charge is 2.29. The molecule has 4 N–H and O–H groups in total. The summed E-state index contributed by atoms with van der Waals surface area (Å²) in [6.07, 6.45) is 3.87. The molecule has 0 unspecified atom stereocenters. The minimum atomic E-state index is -3.69. The number of carbonyl (C=O) groups excluding carboxylic acids is 1. The maximum atomic E-state index is 13.0. The van der Waals surface area contributed by atoms with E-state index in [0.29, 0.717) is 62.1 Å². The number of sulfonamides is 1. The predicted molar refractivity (Wildman–Crippen MR) is 165 cm³/mol. The Bertz CT molecular complexity index is 1370. The topological polar surface area (TPSA) is 145 Å². The van der Waals surface area contributed by atoms with Crippen LogP contribution in [-0.4, -0.2) is 84.9 Å². The van der Waals surface area contributed by atoms with Crippen molar-refractivity contribution in [3.05, 3.63) is 58.1 Å². The first kappa shape index (κ1) is 33.0. The normalized spacial score (nSPS) is 18.3. The highest BCUT2D eigenvalue weighted by atomic mass is 35.5. The van der Waals surface area contributed by atoms with Crippen LogP contribution < -0.4 is 25.4 Å². The molecule has 1 fully saturated rings. The fraction of sp³-hybridized carbons (Fsp3) is 0.533. The number of amides is 2. The van der Waals surface area contributed by atoms with E-state index in [4.69, 9.17) is 21.1 Å². The number of hydrogen-bond acceptors (Lipinski definition) is 8. The largest absolute Gasteiger partial charge is 0.486 e. The number of unbranched alkanes of at least 4 members (excludes halogenated alkanes) is 1. The van der Waals surface area contributed by atoms with E-state index >= 15 is 0 Å². The summed E-state index contributed by atoms with van der Waals surface area (Å²) in [5.74, 6) is 0.554. The molecular weight excluding hydrogens is 592 g/mol. The summed E-state index contributed by atoms with van der Waals surface area (Å²) >= 11 is 6.20. The number of nitrogens with zero attached hydrogens (tertiary/aromatic N) is 2. The number of urea groups is 1. The smallest absolute Gasteiger partial charge is 0.314 e. The van der Waals surface area contributed by atoms with Crippen LogP contribution in [0.5, 0.6) is 5.75 Å². The van der Waals surface area contributed by atoms with Gasteiger partial charge in [0.2, 0.25) is 10.0 Å². The van der Waals surface area contributed by atoms with E-state index < -0.39 is 10.0 Å². The van der Waals surface area contributed by atoms with Crippen molar-refractivity contribution >= 4 is 27.7 Å². The molecule has 0 aromatic heterocycles. The lowest BCUT2D eigenvalue weighted by Gasteiger charge is -2.18. The summed E-state index contributed by atoms with van der Waals surface area (Å²) < 4.78 is 40.7. The number of halogens is 1. The molecule has 234 valence electrons. The van der Waals surface area contributed by atoms with Gasteiger partial charge in [-0.1, -0.05) is 11.6 Å². The van der Waals surface area contributed by atoms with Crippen LogP contribution in [0, 0.1) is 11.3 Å². The van der Waals surface area contributed by atoms with Crippen molar-refractivity contribution in [3.8, 4) is 11.8 Å². The maximum absolute atomic E-state index is 13.0. The summed E-state index contributed by atoms with van der Waals surface area (Å²) in [5, 5.41) is 18.6. The molecule has 2 atom stereocenters. The molecule has 11 nitrogen and oxygen atoms in total. The molecule has 4 rings (SSSR count). The van der Waals surface area contributed by atoms with E-state index in [9.17, 15) is 18.5 Å². The van der Waals surface area contributed by atoms with Crippen molar-refractivity contribution in [3.63, 3.8) is 0 Å². The van der Waals surface area contributed by atoms with Gasteiger partial charge in [-0.2, -0.15) is 5.26 Å². The van der Waals surface area contributed by atoms with Gasteiger partial charge in [-0.15, -0.1) is 0 Å². The first-order valence-electron chi connectivity index (χ1n) is 14.8. The Balaban J connectivity index is 1.14. The summed E-state index contributed by atoms with van der Waals surface area (Å²) in [4.78, 5) is 14.1. The van der Waals surface area contributed by atoms with Crippen LogP contribution in [0.1, 0.15) is 48.5 Å². The van der Waals surface area contributed by atoms with Gasteiger partial charge in [0, 0.05) is 37.2 Å². The third-order valence-corrected chi connectivity index (χ3v) is 9.36. The van der Waals surface area contributed by atoms with Crippen molar-refractivity contribution in [1.29, 1.82) is 5.26 Å². The number of ether oxygens (including phenoxy) is 2. The molecule has 2 amide bonds. The average molecular weight is 633 g/mol. The number of rotatable bonds is 16. The minimum absolute atomic E-state index is 0.178. The van der Waals surface area contributed by atoms with E-state index in [1.165, 1.54) is 0 Å². The number of benzene rings is 2. The third-order valence-electron chi connectivity index (χ3n) is 7.60. The molecule has 2 aliphatic rings. The lowest BCUT2D eigenvalue weighted by Crippen LogP contribution is -2.38. The molecule has 0 saturated carbocycles. The molecule has 0 spiro atoms. The molecule has 1 heterocycles. The Kier molecular flexibility index (Phi) is 12.5. The van der Waals surface area contributed by atoms with E-state index in [1.54, 1.807) is 30.3 Å². The van der Waals surface area contributed by atoms with Gasteiger partial charge >= 0.3 is 6.03 Å². The molecule has 0 bridgehead atoms. The Morgan fingerprint density at radius 1 is 1.09 bits per heavy atom. The van der Waals surface area contributed by atoms with Gasteiger partial charge in [0.15, 0.2) is 0 Å². The van der Waals surface area contributed by atoms with Gasteiger partial charge in [0.05, 0.1) is 29.7 Å². The fourth-order valence-corrected chi connectivity index (χ4v) is 6.87. The van der Waals surface area contributed by atoms with Crippen LogP contribution in [0.15, 0.2) is 41.3 Å². The Morgan fingerprint density at radius 3 is 2.63 bits per heavy atom. The zero-order valence-electron chi connectivity index (χ0n) is 24.5. The SMILES string of the molecule is CNCCCCNC(=O)NCCOCCN1CC[C@H](NS(=O)(=O)c2ccc(O[C@@H]3CCc4c(C#N)cc(Cl)cc43)cc2)C1. The van der Waals surface area contributed by atoms with Gasteiger partial charge in [-0.25, -0.2) is 17.9 Å². The number of hydrogen-bond donors (Lipinski definition) is 4. The lowest BCUT2D eigenvalue weighted by atomic mass is 10.0. The summed E-state index contributed by atoms with van der Waals surface area (Å²) in [7, 11) is -1.79. The van der Waals surface area contributed by atoms with E-state index in [1.807, 2.05) is 13.1 Å². The summed E-state index contributed by atoms with van der Waals surface area (Å²) in [6.45, 7) is 5.00. The lowest BCUT2D eigenvalue weighted by molar-refractivity contribution is 0.113. The second kappa shape index (κ2) is 16.2. The van der Waals surface area contributed by atoms with Crippen molar-refractivity contribution < 1.29 is 22.7 Å². The maximum Gasteiger partial charge on any atom is 0.314 e.